The Morgan fingerprint density at radius 1 is 1.39 bits per heavy atom. The topological polar surface area (TPSA) is 112 Å². The number of aromatic nitrogens is 2. The lowest BCUT2D eigenvalue weighted by Gasteiger charge is -2.08. The third-order valence-electron chi connectivity index (χ3n) is 3.58. The fourth-order valence-electron chi connectivity index (χ4n) is 2.32. The number of thiocarbonyl (C=S) groups is 1. The number of sulfonamides is 1. The van der Waals surface area contributed by atoms with Gasteiger partial charge in [-0.15, -0.1) is 6.42 Å². The highest BCUT2D eigenvalue weighted by Crippen LogP contribution is 2.12. The fourth-order valence-corrected chi connectivity index (χ4v) is 3.56. The summed E-state index contributed by atoms with van der Waals surface area (Å²) < 4.78 is 33.5. The Labute approximate surface area is 169 Å². The number of hydrogen-bond donors (Lipinski definition) is 2. The first-order valence-electron chi connectivity index (χ1n) is 8.27. The summed E-state index contributed by atoms with van der Waals surface area (Å²) >= 11 is 5.29. The summed E-state index contributed by atoms with van der Waals surface area (Å²) in [6.45, 7) is 4.15. The van der Waals surface area contributed by atoms with E-state index in [0.29, 0.717) is 5.56 Å². The minimum Gasteiger partial charge on any atom is -0.368 e. The highest BCUT2D eigenvalue weighted by molar-refractivity contribution is 7.89. The van der Waals surface area contributed by atoms with Crippen LogP contribution in [0.15, 0.2) is 40.2 Å². The smallest absolute Gasteiger partial charge is 0.240 e. The Kier molecular flexibility index (Phi) is 7.42. The van der Waals surface area contributed by atoms with Crippen LogP contribution in [0.2, 0.25) is 0 Å². The monoisotopic (exact) mass is 419 g/mol. The van der Waals surface area contributed by atoms with E-state index in [9.17, 15) is 8.42 Å². The zero-order chi connectivity index (χ0) is 20.7. The van der Waals surface area contributed by atoms with E-state index < -0.39 is 10.0 Å². The minimum absolute atomic E-state index is 0.103. The fraction of sp³-hybridized carbons (Fsp3) is 0.278. The summed E-state index contributed by atoms with van der Waals surface area (Å²) in [5, 5.41) is 4.24. The second-order valence-electron chi connectivity index (χ2n) is 5.79. The van der Waals surface area contributed by atoms with Crippen LogP contribution < -0.4 is 10.5 Å². The summed E-state index contributed by atoms with van der Waals surface area (Å²) in [5.74, 6) is 2.45. The maximum absolute atomic E-state index is 12.2. The first-order valence-corrected chi connectivity index (χ1v) is 10.2. The molecule has 0 aliphatic heterocycles. The molecule has 0 aliphatic carbocycles. The van der Waals surface area contributed by atoms with Gasteiger partial charge in [0.25, 0.3) is 0 Å². The van der Waals surface area contributed by atoms with Crippen LogP contribution in [-0.2, 0) is 14.8 Å². The van der Waals surface area contributed by atoms with Gasteiger partial charge in [-0.1, -0.05) is 30.3 Å². The molecule has 0 aliphatic rings. The van der Waals surface area contributed by atoms with Crippen LogP contribution in [-0.4, -0.2) is 48.9 Å². The van der Waals surface area contributed by atoms with Crippen molar-refractivity contribution in [2.75, 3.05) is 19.8 Å². The molecule has 2 aromatic rings. The van der Waals surface area contributed by atoms with Crippen molar-refractivity contribution in [3.05, 3.63) is 47.3 Å². The number of nitrogens with zero attached hydrogens (tertiary/aromatic N) is 3. The number of terminal acetylenes is 1. The van der Waals surface area contributed by atoms with E-state index in [0.717, 1.165) is 11.4 Å². The summed E-state index contributed by atoms with van der Waals surface area (Å²) in [6.07, 6.45) is 5.05. The number of aryl methyl sites for hydroxylation is 2. The predicted molar refractivity (Wildman–Crippen MR) is 112 cm³/mol. The molecule has 1 aromatic heterocycles. The highest BCUT2D eigenvalue weighted by Gasteiger charge is 2.14. The summed E-state index contributed by atoms with van der Waals surface area (Å²) in [5.41, 5.74) is 8.18. The highest BCUT2D eigenvalue weighted by atomic mass is 32.2. The van der Waals surface area contributed by atoms with Crippen LogP contribution in [0, 0.1) is 26.2 Å². The van der Waals surface area contributed by atoms with Crippen molar-refractivity contribution in [1.29, 1.82) is 0 Å². The van der Waals surface area contributed by atoms with Gasteiger partial charge >= 0.3 is 0 Å². The molecular formula is C18H21N5O3S2. The molecule has 8 nitrogen and oxygen atoms in total. The van der Waals surface area contributed by atoms with Crippen molar-refractivity contribution in [3.8, 4) is 12.3 Å². The molecule has 0 saturated heterocycles. The van der Waals surface area contributed by atoms with Crippen molar-refractivity contribution in [3.63, 3.8) is 0 Å². The first-order chi connectivity index (χ1) is 13.2. The number of aliphatic imine (C=N–C) groups is 1. The molecule has 0 bridgehead atoms. The molecule has 0 radical (unpaired) electrons. The molecule has 1 heterocycles. The molecule has 1 aromatic carbocycles. The van der Waals surface area contributed by atoms with Crippen LogP contribution in [0.25, 0.3) is 0 Å². The van der Waals surface area contributed by atoms with Crippen LogP contribution in [0.1, 0.15) is 17.0 Å². The Hall–Kier alpha value is -2.58. The van der Waals surface area contributed by atoms with Gasteiger partial charge in [-0.05, 0) is 32.0 Å². The Morgan fingerprint density at radius 2 is 2.07 bits per heavy atom. The average molecular weight is 420 g/mol. The van der Waals surface area contributed by atoms with Gasteiger partial charge in [0.2, 0.25) is 16.0 Å². The lowest BCUT2D eigenvalue weighted by molar-refractivity contribution is 0.173. The normalized spacial score (nSPS) is 12.0. The average Bonchev–Trinajstić information content (AvgIpc) is 3.00. The number of ether oxygens (including phenoxy) is 1. The molecule has 10 heteroatoms. The van der Waals surface area contributed by atoms with Crippen LogP contribution >= 0.6 is 12.2 Å². The zero-order valence-corrected chi connectivity index (χ0v) is 17.2. The standard InChI is InChI=1S/C18H21N5O3S2/c1-4-10-26-11-9-20-28(24,25)16-7-5-15(6-8-16)17(27)21-18(19)23-14(3)12-13(2)22-23/h1,5-8,12,20H,9-11H2,2-3H3,(H2,19,21,27). The van der Waals surface area contributed by atoms with Crippen molar-refractivity contribution < 1.29 is 13.2 Å². The predicted octanol–water partition coefficient (Wildman–Crippen LogP) is 0.967. The lowest BCUT2D eigenvalue weighted by atomic mass is 10.2. The molecule has 0 amide bonds. The second-order valence-corrected chi connectivity index (χ2v) is 7.95. The Morgan fingerprint density at radius 3 is 2.64 bits per heavy atom. The number of hydrogen-bond acceptors (Lipinski definition) is 5. The Bertz CT molecular complexity index is 1020. The number of benzene rings is 1. The largest absolute Gasteiger partial charge is 0.368 e. The quantitative estimate of drug-likeness (QED) is 0.227. The van der Waals surface area contributed by atoms with E-state index >= 15 is 0 Å². The van der Waals surface area contributed by atoms with Gasteiger partial charge in [0.1, 0.15) is 11.6 Å². The van der Waals surface area contributed by atoms with Crippen molar-refractivity contribution in [1.82, 2.24) is 14.5 Å². The lowest BCUT2D eigenvalue weighted by Crippen LogP contribution is -2.27. The number of rotatable bonds is 7. The number of nitrogens with two attached hydrogens (primary N) is 1. The minimum atomic E-state index is -3.66. The van der Waals surface area contributed by atoms with Crippen molar-refractivity contribution in [2.45, 2.75) is 18.7 Å². The van der Waals surface area contributed by atoms with E-state index in [4.69, 9.17) is 29.1 Å². The third-order valence-corrected chi connectivity index (χ3v) is 5.38. The molecule has 0 unspecified atom stereocenters. The zero-order valence-electron chi connectivity index (χ0n) is 15.5. The van der Waals surface area contributed by atoms with Gasteiger partial charge in [-0.2, -0.15) is 5.10 Å². The van der Waals surface area contributed by atoms with E-state index in [-0.39, 0.29) is 35.6 Å². The van der Waals surface area contributed by atoms with Gasteiger partial charge in [-0.25, -0.2) is 22.8 Å². The van der Waals surface area contributed by atoms with Crippen LogP contribution in [0.5, 0.6) is 0 Å². The Balaban J connectivity index is 2.07. The van der Waals surface area contributed by atoms with Gasteiger partial charge in [-0.3, -0.25) is 0 Å². The van der Waals surface area contributed by atoms with Crippen molar-refractivity contribution >= 4 is 33.2 Å². The summed E-state index contributed by atoms with van der Waals surface area (Å²) in [7, 11) is -3.66. The molecular weight excluding hydrogens is 398 g/mol. The van der Waals surface area contributed by atoms with E-state index in [1.165, 1.54) is 16.8 Å². The first kappa shape index (κ1) is 21.7. The molecule has 3 N–H and O–H groups in total. The molecule has 28 heavy (non-hydrogen) atoms. The van der Waals surface area contributed by atoms with Gasteiger partial charge in [0.15, 0.2) is 0 Å². The SMILES string of the molecule is C#CCOCCNS(=O)(=O)c1ccc(C(=S)N=C(N)n2nc(C)cc2C)cc1. The van der Waals surface area contributed by atoms with Crippen molar-refractivity contribution in [2.24, 2.45) is 10.7 Å². The van der Waals surface area contributed by atoms with Gasteiger partial charge < -0.3 is 10.5 Å². The van der Waals surface area contributed by atoms with Crippen LogP contribution in [0.3, 0.4) is 0 Å². The molecule has 148 valence electrons. The molecule has 2 rings (SSSR count). The maximum Gasteiger partial charge on any atom is 0.240 e. The maximum atomic E-state index is 12.2. The molecule has 0 spiro atoms. The number of nitrogens with one attached hydrogen (secondary N) is 1. The summed E-state index contributed by atoms with van der Waals surface area (Å²) in [6, 6.07) is 7.91. The van der Waals surface area contributed by atoms with E-state index in [1.807, 2.05) is 19.9 Å². The van der Waals surface area contributed by atoms with E-state index in [1.54, 1.807) is 12.1 Å². The third kappa shape index (κ3) is 5.71. The van der Waals surface area contributed by atoms with Gasteiger partial charge in [0.05, 0.1) is 17.2 Å². The molecule has 0 saturated carbocycles. The van der Waals surface area contributed by atoms with Crippen LogP contribution in [0.4, 0.5) is 0 Å². The molecule has 0 atom stereocenters. The molecule has 0 fully saturated rings. The second kappa shape index (κ2) is 9.57. The van der Waals surface area contributed by atoms with Gasteiger partial charge in [0, 0.05) is 17.8 Å². The summed E-state index contributed by atoms with van der Waals surface area (Å²) in [4.78, 5) is 4.52. The van der Waals surface area contributed by atoms with E-state index in [2.05, 4.69) is 20.7 Å².